The molecule has 0 bridgehead atoms. The summed E-state index contributed by atoms with van der Waals surface area (Å²) in [7, 11) is 0. The third-order valence-electron chi connectivity index (χ3n) is 4.04. The topological polar surface area (TPSA) is 24.9 Å². The highest BCUT2D eigenvalue weighted by molar-refractivity contribution is 7.12. The van der Waals surface area contributed by atoms with Gasteiger partial charge in [-0.15, -0.1) is 22.7 Å². The number of rotatable bonds is 5. The predicted molar refractivity (Wildman–Crippen MR) is 92.4 cm³/mol. The third kappa shape index (κ3) is 3.55. The normalized spacial score (nSPS) is 20.4. The molecule has 21 heavy (non-hydrogen) atoms. The lowest BCUT2D eigenvalue weighted by Gasteiger charge is -2.34. The van der Waals surface area contributed by atoms with Crippen molar-refractivity contribution in [3.63, 3.8) is 0 Å². The van der Waals surface area contributed by atoms with E-state index in [1.807, 2.05) is 22.7 Å². The Hall–Kier alpha value is -0.710. The number of hydrogen-bond donors (Lipinski definition) is 1. The number of nitrogens with zero attached hydrogens (tertiary/aromatic N) is 1. The monoisotopic (exact) mass is 320 g/mol. The van der Waals surface area contributed by atoms with E-state index in [-0.39, 0.29) is 0 Å². The van der Waals surface area contributed by atoms with E-state index in [1.54, 1.807) is 0 Å². The van der Waals surface area contributed by atoms with E-state index in [1.165, 1.54) is 33.3 Å². The Morgan fingerprint density at radius 1 is 1.43 bits per heavy atom. The van der Waals surface area contributed by atoms with E-state index < -0.39 is 0 Å². The molecule has 0 aromatic carbocycles. The van der Waals surface area contributed by atoms with Crippen LogP contribution < -0.4 is 5.32 Å². The van der Waals surface area contributed by atoms with E-state index in [9.17, 15) is 0 Å². The SMILES string of the molecule is CCCNC1CC(C)(C)Cc2nc(Cc3cccs3)sc21. The second-order valence-electron chi connectivity index (χ2n) is 6.73. The maximum absolute atomic E-state index is 4.96. The van der Waals surface area contributed by atoms with Gasteiger partial charge in [-0.2, -0.15) is 0 Å². The summed E-state index contributed by atoms with van der Waals surface area (Å²) in [5.74, 6) is 0. The Labute approximate surface area is 135 Å². The molecule has 2 nitrogen and oxygen atoms in total. The fourth-order valence-corrected chi connectivity index (χ4v) is 5.09. The molecule has 1 atom stereocenters. The molecule has 1 unspecified atom stereocenters. The molecule has 0 saturated carbocycles. The maximum Gasteiger partial charge on any atom is 0.0983 e. The minimum atomic E-state index is 0.354. The molecular weight excluding hydrogens is 296 g/mol. The van der Waals surface area contributed by atoms with Crippen molar-refractivity contribution in [2.45, 2.75) is 52.5 Å². The number of thiophene rings is 1. The van der Waals surface area contributed by atoms with Gasteiger partial charge in [-0.25, -0.2) is 4.98 Å². The highest BCUT2D eigenvalue weighted by Crippen LogP contribution is 2.43. The van der Waals surface area contributed by atoms with E-state index in [0.717, 1.165) is 19.4 Å². The summed E-state index contributed by atoms with van der Waals surface area (Å²) in [5.41, 5.74) is 1.70. The zero-order valence-electron chi connectivity index (χ0n) is 13.1. The van der Waals surface area contributed by atoms with Gasteiger partial charge in [0.2, 0.25) is 0 Å². The number of fused-ring (bicyclic) bond motifs is 1. The van der Waals surface area contributed by atoms with Crippen LogP contribution in [0.15, 0.2) is 17.5 Å². The molecule has 1 N–H and O–H groups in total. The molecule has 4 heteroatoms. The van der Waals surface area contributed by atoms with Gasteiger partial charge in [0.1, 0.15) is 0 Å². The van der Waals surface area contributed by atoms with Crippen LogP contribution >= 0.6 is 22.7 Å². The summed E-state index contributed by atoms with van der Waals surface area (Å²) < 4.78 is 0. The van der Waals surface area contributed by atoms with Crippen molar-refractivity contribution in [2.75, 3.05) is 6.54 Å². The van der Waals surface area contributed by atoms with Gasteiger partial charge in [-0.1, -0.05) is 26.8 Å². The van der Waals surface area contributed by atoms with Gasteiger partial charge in [-0.05, 0) is 42.7 Å². The fourth-order valence-electron chi connectivity index (χ4n) is 3.11. The minimum absolute atomic E-state index is 0.354. The fraction of sp³-hybridized carbons (Fsp3) is 0.588. The van der Waals surface area contributed by atoms with Gasteiger partial charge >= 0.3 is 0 Å². The van der Waals surface area contributed by atoms with Gasteiger partial charge in [-0.3, -0.25) is 0 Å². The van der Waals surface area contributed by atoms with Crippen molar-refractivity contribution in [1.29, 1.82) is 0 Å². The molecule has 1 aliphatic rings. The summed E-state index contributed by atoms with van der Waals surface area (Å²) in [4.78, 5) is 7.87. The Morgan fingerprint density at radius 3 is 3.00 bits per heavy atom. The van der Waals surface area contributed by atoms with Crippen molar-refractivity contribution < 1.29 is 0 Å². The highest BCUT2D eigenvalue weighted by Gasteiger charge is 2.34. The highest BCUT2D eigenvalue weighted by atomic mass is 32.1. The molecule has 3 rings (SSSR count). The van der Waals surface area contributed by atoms with Gasteiger partial charge in [0, 0.05) is 22.2 Å². The molecule has 0 saturated heterocycles. The number of hydrogen-bond acceptors (Lipinski definition) is 4. The largest absolute Gasteiger partial charge is 0.309 e. The first kappa shape index (κ1) is 15.2. The first-order valence-corrected chi connectivity index (χ1v) is 9.51. The first-order valence-electron chi connectivity index (χ1n) is 7.81. The maximum atomic E-state index is 4.96. The minimum Gasteiger partial charge on any atom is -0.309 e. The van der Waals surface area contributed by atoms with Crippen molar-refractivity contribution in [3.05, 3.63) is 38.0 Å². The first-order chi connectivity index (χ1) is 10.1. The van der Waals surface area contributed by atoms with Crippen LogP contribution in [0, 0.1) is 5.41 Å². The van der Waals surface area contributed by atoms with E-state index in [0.29, 0.717) is 11.5 Å². The van der Waals surface area contributed by atoms with Crippen LogP contribution in [0.5, 0.6) is 0 Å². The zero-order chi connectivity index (χ0) is 14.9. The zero-order valence-corrected chi connectivity index (χ0v) is 14.7. The van der Waals surface area contributed by atoms with Gasteiger partial charge in [0.25, 0.3) is 0 Å². The summed E-state index contributed by atoms with van der Waals surface area (Å²) in [6.45, 7) is 8.07. The molecule has 0 spiro atoms. The average Bonchev–Trinajstić information content (AvgIpc) is 3.04. The molecule has 1 aliphatic carbocycles. The van der Waals surface area contributed by atoms with Gasteiger partial charge in [0.05, 0.1) is 10.7 Å². The van der Waals surface area contributed by atoms with Crippen LogP contribution in [0.3, 0.4) is 0 Å². The lowest BCUT2D eigenvalue weighted by Crippen LogP contribution is -2.33. The van der Waals surface area contributed by atoms with Crippen molar-refractivity contribution in [2.24, 2.45) is 5.41 Å². The summed E-state index contributed by atoms with van der Waals surface area (Å²) in [5, 5.41) is 7.16. The van der Waals surface area contributed by atoms with E-state index in [2.05, 4.69) is 43.6 Å². The summed E-state index contributed by atoms with van der Waals surface area (Å²) in [6.07, 6.45) is 4.53. The van der Waals surface area contributed by atoms with Crippen LogP contribution in [0.25, 0.3) is 0 Å². The van der Waals surface area contributed by atoms with Crippen molar-refractivity contribution in [3.8, 4) is 0 Å². The lowest BCUT2D eigenvalue weighted by molar-refractivity contribution is 0.258. The van der Waals surface area contributed by atoms with Crippen molar-refractivity contribution in [1.82, 2.24) is 10.3 Å². The van der Waals surface area contributed by atoms with Crippen LogP contribution in [-0.4, -0.2) is 11.5 Å². The molecule has 0 radical (unpaired) electrons. The smallest absolute Gasteiger partial charge is 0.0983 e. The Bertz CT molecular complexity index is 584. The predicted octanol–water partition coefficient (Wildman–Crippen LogP) is 4.81. The molecule has 0 fully saturated rings. The average molecular weight is 321 g/mol. The molecule has 0 aliphatic heterocycles. The standard InChI is InChI=1S/C17H24N2S2/c1-4-7-18-13-10-17(2,3)11-14-16(13)21-15(19-14)9-12-6-5-8-20-12/h5-6,8,13,18H,4,7,9-11H2,1-3H3. The lowest BCUT2D eigenvalue weighted by atomic mass is 9.76. The van der Waals surface area contributed by atoms with E-state index >= 15 is 0 Å². The number of nitrogens with one attached hydrogen (secondary N) is 1. The van der Waals surface area contributed by atoms with Gasteiger partial charge in [0.15, 0.2) is 0 Å². The third-order valence-corrected chi connectivity index (χ3v) is 6.13. The molecule has 2 aromatic rings. The molecule has 2 aromatic heterocycles. The molecule has 0 amide bonds. The summed E-state index contributed by atoms with van der Waals surface area (Å²) >= 11 is 3.76. The Kier molecular flexibility index (Phi) is 4.48. The van der Waals surface area contributed by atoms with E-state index in [4.69, 9.17) is 4.98 Å². The second kappa shape index (κ2) is 6.19. The molecule has 2 heterocycles. The van der Waals surface area contributed by atoms with Crippen LogP contribution in [-0.2, 0) is 12.8 Å². The Balaban J connectivity index is 1.84. The number of thiazole rings is 1. The van der Waals surface area contributed by atoms with Crippen LogP contribution in [0.1, 0.15) is 60.1 Å². The quantitative estimate of drug-likeness (QED) is 0.855. The summed E-state index contributed by atoms with van der Waals surface area (Å²) in [6, 6.07) is 4.84. The second-order valence-corrected chi connectivity index (χ2v) is 8.87. The molecule has 114 valence electrons. The van der Waals surface area contributed by atoms with Gasteiger partial charge < -0.3 is 5.32 Å². The molecular formula is C17H24N2S2. The van der Waals surface area contributed by atoms with Crippen molar-refractivity contribution >= 4 is 22.7 Å². The number of aromatic nitrogens is 1. The van der Waals surface area contributed by atoms with Crippen LogP contribution in [0.4, 0.5) is 0 Å². The van der Waals surface area contributed by atoms with Crippen LogP contribution in [0.2, 0.25) is 0 Å². The Morgan fingerprint density at radius 2 is 2.29 bits per heavy atom.